The van der Waals surface area contributed by atoms with Crippen LogP contribution in [0.4, 0.5) is 5.69 Å². The minimum Gasteiger partial charge on any atom is -0.478 e. The average Bonchev–Trinajstić information content (AvgIpc) is 2.79. The summed E-state index contributed by atoms with van der Waals surface area (Å²) in [5, 5.41) is 11.7. The van der Waals surface area contributed by atoms with E-state index in [0.717, 1.165) is 22.0 Å². The van der Waals surface area contributed by atoms with Gasteiger partial charge in [0, 0.05) is 19.2 Å². The maximum Gasteiger partial charge on any atom is 0.335 e. The van der Waals surface area contributed by atoms with Crippen LogP contribution in [-0.2, 0) is 16.4 Å². The number of carboxylic acid groups (broad SMARTS) is 1. The Hall–Kier alpha value is -3.20. The van der Waals surface area contributed by atoms with E-state index >= 15 is 0 Å². The molecule has 3 aromatic rings. The van der Waals surface area contributed by atoms with Crippen LogP contribution in [-0.4, -0.2) is 43.3 Å². The van der Waals surface area contributed by atoms with Gasteiger partial charge in [-0.1, -0.05) is 60.1 Å². The number of nitrogens with one attached hydrogen (secondary N) is 1. The monoisotopic (exact) mass is 472 g/mol. The molecule has 0 saturated heterocycles. The van der Waals surface area contributed by atoms with Crippen molar-refractivity contribution in [3.8, 4) is 0 Å². The lowest BCUT2D eigenvalue weighted by molar-refractivity contribution is 0.0696. The topological polar surface area (TPSA) is 104 Å². The molecule has 0 aliphatic rings. The normalized spacial score (nSPS) is 11.3. The molecule has 0 fully saturated rings. The molecule has 3 aromatic carbocycles. The number of halogens is 1. The lowest BCUT2D eigenvalue weighted by Gasteiger charge is -2.20. The molecule has 0 aliphatic carbocycles. The highest BCUT2D eigenvalue weighted by atomic mass is 35.5. The Morgan fingerprint density at radius 1 is 0.969 bits per heavy atom. The van der Waals surface area contributed by atoms with Crippen LogP contribution in [0.3, 0.4) is 0 Å². The van der Waals surface area contributed by atoms with Gasteiger partial charge in [0.15, 0.2) is 0 Å². The van der Waals surface area contributed by atoms with Crippen molar-refractivity contribution in [2.24, 2.45) is 0 Å². The van der Waals surface area contributed by atoms with Crippen molar-refractivity contribution in [3.63, 3.8) is 0 Å². The van der Waals surface area contributed by atoms with E-state index in [1.54, 1.807) is 30.3 Å². The second-order valence-electron chi connectivity index (χ2n) is 7.02. The van der Waals surface area contributed by atoms with Crippen LogP contribution in [0.1, 0.15) is 26.3 Å². The number of nitrogens with zero attached hydrogens (tertiary/aromatic N) is 1. The molecule has 9 heteroatoms. The Morgan fingerprint density at radius 2 is 1.56 bits per heavy atom. The summed E-state index contributed by atoms with van der Waals surface area (Å²) in [6.07, 6.45) is 0.463. The Bertz CT molecular complexity index is 1230. The van der Waals surface area contributed by atoms with E-state index in [1.807, 2.05) is 30.3 Å². The smallest absolute Gasteiger partial charge is 0.335 e. The zero-order chi connectivity index (χ0) is 23.3. The first-order chi connectivity index (χ1) is 15.2. The van der Waals surface area contributed by atoms with E-state index < -0.39 is 26.8 Å². The maximum absolute atomic E-state index is 13.2. The van der Waals surface area contributed by atoms with Crippen LogP contribution in [0.25, 0.3) is 0 Å². The zero-order valence-corrected chi connectivity index (χ0v) is 18.7. The highest BCUT2D eigenvalue weighted by Crippen LogP contribution is 2.33. The molecule has 0 aliphatic heterocycles. The highest BCUT2D eigenvalue weighted by molar-refractivity contribution is 7.89. The van der Waals surface area contributed by atoms with Crippen LogP contribution in [0.15, 0.2) is 77.7 Å². The molecule has 0 spiro atoms. The molecule has 0 saturated carbocycles. The molecule has 0 unspecified atom stereocenters. The summed E-state index contributed by atoms with van der Waals surface area (Å²) in [5.74, 6) is -1.89. The average molecular weight is 473 g/mol. The lowest BCUT2D eigenvalue weighted by Crippen LogP contribution is -2.29. The minimum atomic E-state index is -4.13. The number of carboxylic acids is 1. The first-order valence-corrected chi connectivity index (χ1v) is 11.5. The van der Waals surface area contributed by atoms with Crippen molar-refractivity contribution in [3.05, 3.63) is 94.5 Å². The van der Waals surface area contributed by atoms with Gasteiger partial charge in [0.2, 0.25) is 10.0 Å². The molecule has 0 bridgehead atoms. The summed E-state index contributed by atoms with van der Waals surface area (Å²) in [6, 6.07) is 19.7. The fourth-order valence-electron chi connectivity index (χ4n) is 3.00. The van der Waals surface area contributed by atoms with Gasteiger partial charge in [0.05, 0.1) is 16.3 Å². The quantitative estimate of drug-likeness (QED) is 0.512. The van der Waals surface area contributed by atoms with E-state index in [-0.39, 0.29) is 22.8 Å². The molecule has 0 radical (unpaired) electrons. The zero-order valence-electron chi connectivity index (χ0n) is 17.2. The SMILES string of the molecule is CN(CCc1ccccc1)S(=O)(=O)c1cc(C(=O)O)cc(NC(=O)c2ccccc2)c1Cl. The Labute approximate surface area is 191 Å². The van der Waals surface area contributed by atoms with Crippen molar-refractivity contribution in [1.29, 1.82) is 0 Å². The number of likely N-dealkylation sites (N-methyl/N-ethyl adjacent to an activating group) is 1. The van der Waals surface area contributed by atoms with Gasteiger partial charge in [0.25, 0.3) is 5.91 Å². The number of amides is 1. The molecule has 0 atom stereocenters. The molecule has 166 valence electrons. The predicted molar refractivity (Wildman–Crippen MR) is 123 cm³/mol. The summed E-state index contributed by atoms with van der Waals surface area (Å²) in [6.45, 7) is 0.158. The van der Waals surface area contributed by atoms with E-state index in [0.29, 0.717) is 12.0 Å². The molecule has 32 heavy (non-hydrogen) atoms. The number of rotatable bonds is 8. The van der Waals surface area contributed by atoms with Crippen molar-refractivity contribution in [2.75, 3.05) is 18.9 Å². The number of hydrogen-bond acceptors (Lipinski definition) is 4. The van der Waals surface area contributed by atoms with Crippen LogP contribution >= 0.6 is 11.6 Å². The first kappa shape index (κ1) is 23.5. The maximum atomic E-state index is 13.2. The molecule has 2 N–H and O–H groups in total. The number of carbonyl (C=O) groups is 2. The predicted octanol–water partition coefficient (Wildman–Crippen LogP) is 4.15. The van der Waals surface area contributed by atoms with Crippen molar-refractivity contribution >= 4 is 39.2 Å². The van der Waals surface area contributed by atoms with Crippen LogP contribution in [0.5, 0.6) is 0 Å². The summed E-state index contributed by atoms with van der Waals surface area (Å²) in [4.78, 5) is 23.7. The van der Waals surface area contributed by atoms with Gasteiger partial charge in [-0.15, -0.1) is 0 Å². The number of sulfonamides is 1. The third kappa shape index (κ3) is 5.34. The van der Waals surface area contributed by atoms with Gasteiger partial charge in [-0.2, -0.15) is 0 Å². The van der Waals surface area contributed by atoms with Gasteiger partial charge in [-0.25, -0.2) is 17.5 Å². The second-order valence-corrected chi connectivity index (χ2v) is 9.41. The largest absolute Gasteiger partial charge is 0.478 e. The Balaban J connectivity index is 1.93. The molecule has 7 nitrogen and oxygen atoms in total. The van der Waals surface area contributed by atoms with Gasteiger partial charge in [-0.05, 0) is 36.2 Å². The minimum absolute atomic E-state index is 0.101. The fourth-order valence-corrected chi connectivity index (χ4v) is 4.73. The van der Waals surface area contributed by atoms with Gasteiger partial charge < -0.3 is 10.4 Å². The Morgan fingerprint density at radius 3 is 2.16 bits per heavy atom. The molecule has 1 amide bonds. The molecule has 0 heterocycles. The van der Waals surface area contributed by atoms with E-state index in [9.17, 15) is 23.1 Å². The van der Waals surface area contributed by atoms with E-state index in [2.05, 4.69) is 5.32 Å². The fraction of sp³-hybridized carbons (Fsp3) is 0.130. The summed E-state index contributed by atoms with van der Waals surface area (Å²) >= 11 is 6.35. The highest BCUT2D eigenvalue weighted by Gasteiger charge is 2.27. The summed E-state index contributed by atoms with van der Waals surface area (Å²) in [7, 11) is -2.74. The van der Waals surface area contributed by atoms with Crippen LogP contribution in [0, 0.1) is 0 Å². The molecular formula is C23H21ClN2O5S. The molecular weight excluding hydrogens is 452 g/mol. The standard InChI is InChI=1S/C23H21ClN2O5S/c1-26(13-12-16-8-4-2-5-9-16)32(30,31)20-15-18(23(28)29)14-19(21(20)24)25-22(27)17-10-6-3-7-11-17/h2-11,14-15H,12-13H2,1H3,(H,25,27)(H,28,29). The van der Waals surface area contributed by atoms with E-state index in [4.69, 9.17) is 11.6 Å². The van der Waals surface area contributed by atoms with Crippen LogP contribution in [0.2, 0.25) is 5.02 Å². The van der Waals surface area contributed by atoms with Gasteiger partial charge >= 0.3 is 5.97 Å². The molecule has 3 rings (SSSR count). The Kier molecular flexibility index (Phi) is 7.29. The van der Waals surface area contributed by atoms with E-state index in [1.165, 1.54) is 7.05 Å². The number of carbonyl (C=O) groups excluding carboxylic acids is 1. The van der Waals surface area contributed by atoms with Gasteiger partial charge in [-0.3, -0.25) is 4.79 Å². The van der Waals surface area contributed by atoms with Crippen molar-refractivity contribution in [1.82, 2.24) is 4.31 Å². The van der Waals surface area contributed by atoms with Gasteiger partial charge in [0.1, 0.15) is 4.90 Å². The van der Waals surface area contributed by atoms with Crippen molar-refractivity contribution < 1.29 is 23.1 Å². The third-order valence-electron chi connectivity index (χ3n) is 4.82. The molecule has 0 aromatic heterocycles. The summed E-state index contributed by atoms with van der Waals surface area (Å²) < 4.78 is 27.5. The number of benzene rings is 3. The first-order valence-electron chi connectivity index (χ1n) is 9.63. The second kappa shape index (κ2) is 9.95. The number of hydrogen-bond donors (Lipinski definition) is 2. The summed E-state index contributed by atoms with van der Waals surface area (Å²) in [5.41, 5.74) is 0.854. The number of aromatic carboxylic acids is 1. The lowest BCUT2D eigenvalue weighted by atomic mass is 10.1. The number of anilines is 1. The third-order valence-corrected chi connectivity index (χ3v) is 7.22. The van der Waals surface area contributed by atoms with Crippen LogP contribution < -0.4 is 5.32 Å². The van der Waals surface area contributed by atoms with Crippen molar-refractivity contribution in [2.45, 2.75) is 11.3 Å².